The van der Waals surface area contributed by atoms with Gasteiger partial charge in [0.25, 0.3) is 0 Å². The Labute approximate surface area is 201 Å². The lowest BCUT2D eigenvalue weighted by Crippen LogP contribution is -2.31. The topological polar surface area (TPSA) is 29.5 Å². The predicted molar refractivity (Wildman–Crippen MR) is 140 cm³/mol. The second-order valence-corrected chi connectivity index (χ2v) is 8.86. The molecule has 5 rings (SSSR count). The fourth-order valence-electron chi connectivity index (χ4n) is 4.89. The number of carbonyl (C=O) groups excluding carboxylic acids is 1. The molecule has 1 aliphatic heterocycles. The molecule has 34 heavy (non-hydrogen) atoms. The highest BCUT2D eigenvalue weighted by atomic mass is 16.5. The number of hydrogen-bond acceptors (Lipinski definition) is 3. The molecule has 170 valence electrons. The molecule has 0 aromatic heterocycles. The van der Waals surface area contributed by atoms with Crippen molar-refractivity contribution in [2.75, 3.05) is 19.6 Å². The van der Waals surface area contributed by atoms with Crippen molar-refractivity contribution >= 4 is 29.8 Å². The van der Waals surface area contributed by atoms with Gasteiger partial charge in [-0.25, -0.2) is 0 Å². The van der Waals surface area contributed by atoms with Crippen molar-refractivity contribution in [1.29, 1.82) is 0 Å². The Balaban J connectivity index is 1.31. The van der Waals surface area contributed by atoms with E-state index in [1.54, 1.807) is 11.6 Å². The number of ether oxygens (including phenoxy) is 1. The number of carbonyl (C=O) groups is 1. The van der Waals surface area contributed by atoms with Crippen LogP contribution < -0.4 is 4.74 Å². The largest absolute Gasteiger partial charge is 0.427 e. The Hall–Kier alpha value is -3.69. The monoisotopic (exact) mass is 447 g/mol. The van der Waals surface area contributed by atoms with Gasteiger partial charge in [0, 0.05) is 26.6 Å². The smallest absolute Gasteiger partial charge is 0.308 e. The van der Waals surface area contributed by atoms with E-state index >= 15 is 0 Å². The fraction of sp³-hybridized carbons (Fsp3) is 0.194. The Morgan fingerprint density at radius 1 is 0.882 bits per heavy atom. The van der Waals surface area contributed by atoms with Crippen LogP contribution in [0.3, 0.4) is 0 Å². The van der Waals surface area contributed by atoms with Crippen LogP contribution in [0.4, 0.5) is 0 Å². The molecule has 3 heteroatoms. The molecule has 3 aromatic rings. The van der Waals surface area contributed by atoms with Gasteiger partial charge in [-0.15, -0.1) is 0 Å². The summed E-state index contributed by atoms with van der Waals surface area (Å²) in [5.41, 5.74) is 9.30. The summed E-state index contributed by atoms with van der Waals surface area (Å²) < 4.78 is 5.19. The molecule has 1 fully saturated rings. The lowest BCUT2D eigenvalue weighted by atomic mass is 9.86. The van der Waals surface area contributed by atoms with E-state index in [4.69, 9.17) is 4.74 Å². The van der Waals surface area contributed by atoms with Crippen LogP contribution in [0.2, 0.25) is 0 Å². The highest BCUT2D eigenvalue weighted by Gasteiger charge is 2.22. The minimum atomic E-state index is -0.297. The Morgan fingerprint density at radius 3 is 2.18 bits per heavy atom. The van der Waals surface area contributed by atoms with Crippen LogP contribution in [0.25, 0.3) is 23.8 Å². The summed E-state index contributed by atoms with van der Waals surface area (Å²) >= 11 is 0. The van der Waals surface area contributed by atoms with E-state index in [9.17, 15) is 4.79 Å². The molecule has 1 aliphatic carbocycles. The molecule has 0 spiro atoms. The zero-order chi connectivity index (χ0) is 23.3. The van der Waals surface area contributed by atoms with E-state index < -0.39 is 0 Å². The summed E-state index contributed by atoms with van der Waals surface area (Å²) in [7, 11) is 0. The highest BCUT2D eigenvalue weighted by molar-refractivity contribution is 5.94. The molecule has 3 aromatic carbocycles. The standard InChI is InChI=1S/C31H29NO2/c1-23(33)34-28-12-6-8-24(22-28)9-7-19-32-20-17-27(18-21-32)31-29-13-4-2-10-25(29)15-16-26-11-3-5-14-30(26)31/h2-16,22H,17-21H2,1H3/b9-7+. The molecule has 2 aliphatic rings. The van der Waals surface area contributed by atoms with Crippen molar-refractivity contribution in [2.24, 2.45) is 0 Å². The SMILES string of the molecule is CC(=O)Oc1cccc(/C=C/CN2CCC(=C3c4ccccc4C=Cc4ccccc43)CC2)c1. The van der Waals surface area contributed by atoms with Crippen LogP contribution in [0, 0.1) is 0 Å². The predicted octanol–water partition coefficient (Wildman–Crippen LogP) is 6.71. The van der Waals surface area contributed by atoms with E-state index in [2.05, 4.69) is 77.7 Å². The highest BCUT2D eigenvalue weighted by Crippen LogP contribution is 2.38. The van der Waals surface area contributed by atoms with Crippen molar-refractivity contribution in [3.63, 3.8) is 0 Å². The van der Waals surface area contributed by atoms with Gasteiger partial charge in [-0.05, 0) is 58.4 Å². The minimum absolute atomic E-state index is 0.297. The van der Waals surface area contributed by atoms with Crippen molar-refractivity contribution in [3.05, 3.63) is 112 Å². The van der Waals surface area contributed by atoms with Gasteiger partial charge in [-0.2, -0.15) is 0 Å². The summed E-state index contributed by atoms with van der Waals surface area (Å²) in [5, 5.41) is 0. The van der Waals surface area contributed by atoms with E-state index in [1.807, 2.05) is 18.2 Å². The van der Waals surface area contributed by atoms with Crippen molar-refractivity contribution in [3.8, 4) is 5.75 Å². The van der Waals surface area contributed by atoms with Gasteiger partial charge in [0.05, 0.1) is 0 Å². The first-order valence-corrected chi connectivity index (χ1v) is 11.9. The quantitative estimate of drug-likeness (QED) is 0.257. The molecule has 0 bridgehead atoms. The van der Waals surface area contributed by atoms with Gasteiger partial charge in [-0.3, -0.25) is 9.69 Å². The lowest BCUT2D eigenvalue weighted by molar-refractivity contribution is -0.131. The first-order valence-electron chi connectivity index (χ1n) is 11.9. The summed E-state index contributed by atoms with van der Waals surface area (Å²) in [4.78, 5) is 13.7. The van der Waals surface area contributed by atoms with Crippen LogP contribution >= 0.6 is 0 Å². The molecule has 1 heterocycles. The maximum Gasteiger partial charge on any atom is 0.308 e. The fourth-order valence-corrected chi connectivity index (χ4v) is 4.89. The maximum atomic E-state index is 11.2. The summed E-state index contributed by atoms with van der Waals surface area (Å²) in [6, 6.07) is 25.1. The molecule has 1 saturated heterocycles. The first-order chi connectivity index (χ1) is 16.7. The van der Waals surface area contributed by atoms with Gasteiger partial charge in [0.2, 0.25) is 0 Å². The Morgan fingerprint density at radius 2 is 1.53 bits per heavy atom. The van der Waals surface area contributed by atoms with Crippen LogP contribution in [0.1, 0.15) is 47.6 Å². The van der Waals surface area contributed by atoms with E-state index in [0.29, 0.717) is 5.75 Å². The van der Waals surface area contributed by atoms with Gasteiger partial charge in [-0.1, -0.05) is 90.5 Å². The number of likely N-dealkylation sites (tertiary alicyclic amines) is 1. The maximum absolute atomic E-state index is 11.2. The van der Waals surface area contributed by atoms with E-state index in [-0.39, 0.29) is 5.97 Å². The minimum Gasteiger partial charge on any atom is -0.427 e. The average Bonchev–Trinajstić information content (AvgIpc) is 3.01. The molecule has 0 saturated carbocycles. The van der Waals surface area contributed by atoms with Crippen LogP contribution in [0.5, 0.6) is 5.75 Å². The van der Waals surface area contributed by atoms with Gasteiger partial charge in [0.15, 0.2) is 0 Å². The molecular formula is C31H29NO2. The number of nitrogens with zero attached hydrogens (tertiary/aromatic N) is 1. The third-order valence-corrected chi connectivity index (χ3v) is 6.51. The van der Waals surface area contributed by atoms with E-state index in [0.717, 1.165) is 38.0 Å². The Kier molecular flexibility index (Phi) is 6.55. The number of piperidine rings is 1. The van der Waals surface area contributed by atoms with E-state index in [1.165, 1.54) is 34.8 Å². The van der Waals surface area contributed by atoms with Gasteiger partial charge in [0.1, 0.15) is 5.75 Å². The molecule has 0 unspecified atom stereocenters. The third-order valence-electron chi connectivity index (χ3n) is 6.51. The normalized spacial score (nSPS) is 15.7. The van der Waals surface area contributed by atoms with Crippen LogP contribution in [-0.2, 0) is 4.79 Å². The summed E-state index contributed by atoms with van der Waals surface area (Å²) in [5.74, 6) is 0.288. The van der Waals surface area contributed by atoms with Gasteiger partial charge >= 0.3 is 5.97 Å². The van der Waals surface area contributed by atoms with Crippen molar-refractivity contribution < 1.29 is 9.53 Å². The average molecular weight is 448 g/mol. The number of rotatable bonds is 4. The first kappa shape index (κ1) is 22.1. The van der Waals surface area contributed by atoms with Crippen LogP contribution in [-0.4, -0.2) is 30.5 Å². The Bertz CT molecular complexity index is 1240. The summed E-state index contributed by atoms with van der Waals surface area (Å²) in [6.07, 6.45) is 11.0. The number of benzene rings is 3. The van der Waals surface area contributed by atoms with Crippen LogP contribution in [0.15, 0.2) is 84.4 Å². The molecule has 0 amide bonds. The molecular weight excluding hydrogens is 418 g/mol. The zero-order valence-corrected chi connectivity index (χ0v) is 19.5. The second kappa shape index (κ2) is 10.1. The van der Waals surface area contributed by atoms with Gasteiger partial charge < -0.3 is 4.74 Å². The third kappa shape index (κ3) is 4.95. The number of esters is 1. The number of fused-ring (bicyclic) bond motifs is 2. The lowest BCUT2D eigenvalue weighted by Gasteiger charge is -2.29. The zero-order valence-electron chi connectivity index (χ0n) is 19.5. The second-order valence-electron chi connectivity index (χ2n) is 8.86. The molecule has 3 nitrogen and oxygen atoms in total. The van der Waals surface area contributed by atoms with Crippen molar-refractivity contribution in [2.45, 2.75) is 19.8 Å². The summed E-state index contributed by atoms with van der Waals surface area (Å²) in [6.45, 7) is 4.43. The molecule has 0 N–H and O–H groups in total. The number of hydrogen-bond donors (Lipinski definition) is 0. The molecule has 0 radical (unpaired) electrons. The van der Waals surface area contributed by atoms with Crippen molar-refractivity contribution in [1.82, 2.24) is 4.90 Å². The molecule has 0 atom stereocenters.